The first kappa shape index (κ1) is 16.8. The van der Waals surface area contributed by atoms with E-state index in [1.807, 2.05) is 12.1 Å². The summed E-state index contributed by atoms with van der Waals surface area (Å²) in [6.45, 7) is 8.23. The smallest absolute Gasteiger partial charge is 0.0406 e. The third kappa shape index (κ3) is 5.61. The Labute approximate surface area is 134 Å². The zero-order valence-electron chi connectivity index (χ0n) is 13.4. The summed E-state index contributed by atoms with van der Waals surface area (Å²) in [4.78, 5) is 2.67. The summed E-state index contributed by atoms with van der Waals surface area (Å²) in [5.41, 5.74) is 1.38. The van der Waals surface area contributed by atoms with E-state index in [1.54, 1.807) is 0 Å². The van der Waals surface area contributed by atoms with Crippen molar-refractivity contribution >= 4 is 11.6 Å². The number of hydrogen-bond acceptors (Lipinski definition) is 2. The monoisotopic (exact) mass is 308 g/mol. The Morgan fingerprint density at radius 3 is 2.71 bits per heavy atom. The molecular weight excluding hydrogens is 280 g/mol. The highest BCUT2D eigenvalue weighted by atomic mass is 35.5. The number of halogens is 1. The molecule has 0 radical (unpaired) electrons. The van der Waals surface area contributed by atoms with Gasteiger partial charge in [-0.3, -0.25) is 4.90 Å². The molecule has 2 rings (SSSR count). The van der Waals surface area contributed by atoms with Crippen LogP contribution in [0.2, 0.25) is 5.02 Å². The van der Waals surface area contributed by atoms with Gasteiger partial charge in [0.2, 0.25) is 0 Å². The van der Waals surface area contributed by atoms with Crippen molar-refractivity contribution in [2.75, 3.05) is 19.6 Å². The van der Waals surface area contributed by atoms with Crippen LogP contribution in [0, 0.1) is 0 Å². The number of hydrogen-bond donors (Lipinski definition) is 1. The molecule has 2 unspecified atom stereocenters. The van der Waals surface area contributed by atoms with E-state index < -0.39 is 0 Å². The summed E-state index contributed by atoms with van der Waals surface area (Å²) in [6, 6.07) is 9.58. The summed E-state index contributed by atoms with van der Waals surface area (Å²) in [5.74, 6) is 0. The Morgan fingerprint density at radius 1 is 1.33 bits per heavy atom. The normalized spacial score (nSPS) is 20.1. The van der Waals surface area contributed by atoms with Crippen molar-refractivity contribution in [2.24, 2.45) is 0 Å². The van der Waals surface area contributed by atoms with E-state index >= 15 is 0 Å². The van der Waals surface area contributed by atoms with Crippen LogP contribution in [0.25, 0.3) is 0 Å². The minimum absolute atomic E-state index is 0.583. The van der Waals surface area contributed by atoms with Gasteiger partial charge in [0.25, 0.3) is 0 Å². The van der Waals surface area contributed by atoms with E-state index in [2.05, 4.69) is 36.2 Å². The van der Waals surface area contributed by atoms with Gasteiger partial charge >= 0.3 is 0 Å². The molecule has 1 N–H and O–H groups in total. The first-order valence-corrected chi connectivity index (χ1v) is 8.78. The lowest BCUT2D eigenvalue weighted by atomic mass is 10.0. The molecule has 1 saturated heterocycles. The van der Waals surface area contributed by atoms with Crippen LogP contribution in [0.4, 0.5) is 0 Å². The first-order valence-electron chi connectivity index (χ1n) is 8.41. The lowest BCUT2D eigenvalue weighted by Gasteiger charge is -2.31. The Hall–Kier alpha value is -0.570. The van der Waals surface area contributed by atoms with Crippen LogP contribution >= 0.6 is 11.6 Å². The molecule has 0 saturated carbocycles. The summed E-state index contributed by atoms with van der Waals surface area (Å²) in [5, 5.41) is 4.45. The van der Waals surface area contributed by atoms with Gasteiger partial charge in [0.1, 0.15) is 0 Å². The Morgan fingerprint density at radius 2 is 2.10 bits per heavy atom. The van der Waals surface area contributed by atoms with E-state index in [0.29, 0.717) is 12.1 Å². The zero-order chi connectivity index (χ0) is 15.1. The van der Waals surface area contributed by atoms with Crippen molar-refractivity contribution in [2.45, 2.75) is 58.0 Å². The van der Waals surface area contributed by atoms with Crippen LogP contribution in [0.5, 0.6) is 0 Å². The number of unbranched alkanes of at least 4 members (excludes halogenated alkanes) is 1. The molecule has 2 atom stereocenters. The molecule has 3 heteroatoms. The summed E-state index contributed by atoms with van der Waals surface area (Å²) >= 11 is 5.97. The lowest BCUT2D eigenvalue weighted by Crippen LogP contribution is -2.43. The molecule has 0 aromatic heterocycles. The Balaban J connectivity index is 1.91. The first-order chi connectivity index (χ1) is 10.2. The van der Waals surface area contributed by atoms with Crippen LogP contribution in [0.15, 0.2) is 24.3 Å². The minimum Gasteiger partial charge on any atom is -0.313 e. The maximum Gasteiger partial charge on any atom is 0.0406 e. The van der Waals surface area contributed by atoms with Gasteiger partial charge in [-0.05, 0) is 63.4 Å². The predicted octanol–water partition coefficient (Wildman–Crippen LogP) is 4.13. The maximum atomic E-state index is 5.97. The fourth-order valence-electron chi connectivity index (χ4n) is 3.14. The molecule has 0 bridgehead atoms. The molecule has 0 amide bonds. The largest absolute Gasteiger partial charge is 0.313 e. The van der Waals surface area contributed by atoms with Gasteiger partial charge in [-0.25, -0.2) is 0 Å². The molecule has 1 aliphatic rings. The standard InChI is InChI=1S/C18H29ClN2/c1-3-4-12-21(14-18-6-5-11-20-18)15(2)13-16-7-9-17(19)10-8-16/h7-10,15,18,20H,3-6,11-14H2,1-2H3. The average Bonchev–Trinajstić information content (AvgIpc) is 2.98. The third-order valence-electron chi connectivity index (χ3n) is 4.48. The topological polar surface area (TPSA) is 15.3 Å². The second-order valence-corrected chi connectivity index (χ2v) is 6.76. The van der Waals surface area contributed by atoms with Gasteiger partial charge in [-0.1, -0.05) is 37.1 Å². The molecule has 2 nitrogen and oxygen atoms in total. The van der Waals surface area contributed by atoms with Crippen LogP contribution in [0.3, 0.4) is 0 Å². The molecular formula is C18H29ClN2. The molecule has 118 valence electrons. The Kier molecular flexibility index (Phi) is 7.01. The molecule has 1 heterocycles. The van der Waals surface area contributed by atoms with Crippen LogP contribution < -0.4 is 5.32 Å². The molecule has 1 aliphatic heterocycles. The fraction of sp³-hybridized carbons (Fsp3) is 0.667. The van der Waals surface area contributed by atoms with Crippen LogP contribution in [-0.2, 0) is 6.42 Å². The fourth-order valence-corrected chi connectivity index (χ4v) is 3.27. The molecule has 1 fully saturated rings. The predicted molar refractivity (Wildman–Crippen MR) is 92.1 cm³/mol. The lowest BCUT2D eigenvalue weighted by molar-refractivity contribution is 0.187. The minimum atomic E-state index is 0.583. The van der Waals surface area contributed by atoms with Gasteiger partial charge in [-0.2, -0.15) is 0 Å². The van der Waals surface area contributed by atoms with Crippen molar-refractivity contribution in [3.8, 4) is 0 Å². The van der Waals surface area contributed by atoms with Gasteiger partial charge in [0, 0.05) is 23.7 Å². The molecule has 21 heavy (non-hydrogen) atoms. The molecule has 0 spiro atoms. The van der Waals surface area contributed by atoms with E-state index in [-0.39, 0.29) is 0 Å². The highest BCUT2D eigenvalue weighted by Crippen LogP contribution is 2.16. The SMILES string of the molecule is CCCCN(CC1CCCN1)C(C)Cc1ccc(Cl)cc1. The van der Waals surface area contributed by atoms with Crippen molar-refractivity contribution < 1.29 is 0 Å². The third-order valence-corrected chi connectivity index (χ3v) is 4.74. The van der Waals surface area contributed by atoms with Gasteiger partial charge in [-0.15, -0.1) is 0 Å². The maximum absolute atomic E-state index is 5.97. The van der Waals surface area contributed by atoms with Crippen molar-refractivity contribution in [3.05, 3.63) is 34.9 Å². The van der Waals surface area contributed by atoms with Gasteiger partial charge in [0.05, 0.1) is 0 Å². The molecule has 1 aromatic rings. The van der Waals surface area contributed by atoms with Crippen molar-refractivity contribution in [3.63, 3.8) is 0 Å². The Bertz CT molecular complexity index is 398. The molecule has 0 aliphatic carbocycles. The second kappa shape index (κ2) is 8.77. The van der Waals surface area contributed by atoms with E-state index in [4.69, 9.17) is 11.6 Å². The number of nitrogens with zero attached hydrogens (tertiary/aromatic N) is 1. The van der Waals surface area contributed by atoms with Crippen molar-refractivity contribution in [1.29, 1.82) is 0 Å². The molecule has 1 aromatic carbocycles. The van der Waals surface area contributed by atoms with Crippen LogP contribution in [-0.4, -0.2) is 36.6 Å². The summed E-state index contributed by atoms with van der Waals surface area (Å²) in [7, 11) is 0. The average molecular weight is 309 g/mol. The highest BCUT2D eigenvalue weighted by molar-refractivity contribution is 6.30. The quantitative estimate of drug-likeness (QED) is 0.777. The highest BCUT2D eigenvalue weighted by Gasteiger charge is 2.21. The van der Waals surface area contributed by atoms with Gasteiger partial charge in [0.15, 0.2) is 0 Å². The van der Waals surface area contributed by atoms with E-state index in [9.17, 15) is 0 Å². The van der Waals surface area contributed by atoms with Crippen LogP contribution in [0.1, 0.15) is 45.1 Å². The zero-order valence-corrected chi connectivity index (χ0v) is 14.2. The number of benzene rings is 1. The van der Waals surface area contributed by atoms with Gasteiger partial charge < -0.3 is 5.32 Å². The van der Waals surface area contributed by atoms with Crippen molar-refractivity contribution in [1.82, 2.24) is 10.2 Å². The number of nitrogens with one attached hydrogen (secondary N) is 1. The van der Waals surface area contributed by atoms with E-state index in [0.717, 1.165) is 11.4 Å². The summed E-state index contributed by atoms with van der Waals surface area (Å²) in [6.07, 6.45) is 6.32. The second-order valence-electron chi connectivity index (χ2n) is 6.32. The van der Waals surface area contributed by atoms with E-state index in [1.165, 1.54) is 50.9 Å². The number of rotatable bonds is 8. The summed E-state index contributed by atoms with van der Waals surface area (Å²) < 4.78 is 0.